The lowest BCUT2D eigenvalue weighted by Crippen LogP contribution is -2.44. The molecule has 0 spiro atoms. The lowest BCUT2D eigenvalue weighted by Gasteiger charge is -2.34. The van der Waals surface area contributed by atoms with E-state index < -0.39 is 23.6 Å². The zero-order chi connectivity index (χ0) is 21.6. The fourth-order valence-corrected chi connectivity index (χ4v) is 3.15. The largest absolute Gasteiger partial charge is 0.488 e. The zero-order valence-electron chi connectivity index (χ0n) is 15.0. The maximum Gasteiger partial charge on any atom is 0.328 e. The summed E-state index contributed by atoms with van der Waals surface area (Å²) in [7, 11) is 0. The van der Waals surface area contributed by atoms with Crippen molar-refractivity contribution in [2.45, 2.75) is 18.9 Å². The van der Waals surface area contributed by atoms with E-state index in [2.05, 4.69) is 5.32 Å². The molecule has 0 bridgehead atoms. The smallest absolute Gasteiger partial charge is 0.328 e. The van der Waals surface area contributed by atoms with Crippen LogP contribution in [0.15, 0.2) is 36.2 Å². The first kappa shape index (κ1) is 22.2. The molecule has 1 aromatic carbocycles. The van der Waals surface area contributed by atoms with E-state index >= 15 is 0 Å². The number of hydrogen-bond donors (Lipinski definition) is 3. The SMILES string of the molecule is NCCC1=C[N]C(=S)N1[C@H]1COc2c(F)cc(F)cc2C1.O=C(O)/C=C\C(=O)O. The van der Waals surface area contributed by atoms with Crippen molar-refractivity contribution in [2.75, 3.05) is 13.2 Å². The van der Waals surface area contributed by atoms with Gasteiger partial charge in [-0.1, -0.05) is 0 Å². The predicted molar refractivity (Wildman–Crippen MR) is 102 cm³/mol. The van der Waals surface area contributed by atoms with Crippen molar-refractivity contribution in [1.82, 2.24) is 10.2 Å². The van der Waals surface area contributed by atoms with Crippen LogP contribution in [0.3, 0.4) is 0 Å². The molecule has 1 radical (unpaired) electrons. The molecule has 0 fully saturated rings. The first-order valence-corrected chi connectivity index (χ1v) is 8.81. The van der Waals surface area contributed by atoms with Crippen molar-refractivity contribution in [1.29, 1.82) is 0 Å². The third kappa shape index (κ3) is 5.96. The maximum atomic E-state index is 13.7. The second kappa shape index (κ2) is 9.94. The molecule has 2 heterocycles. The molecule has 0 saturated carbocycles. The van der Waals surface area contributed by atoms with Crippen LogP contribution in [0, 0.1) is 11.6 Å². The lowest BCUT2D eigenvalue weighted by molar-refractivity contribution is -0.134. The molecule has 29 heavy (non-hydrogen) atoms. The number of aliphatic carboxylic acids is 2. The summed E-state index contributed by atoms with van der Waals surface area (Å²) >= 11 is 5.23. The molecule has 0 aliphatic carbocycles. The number of ether oxygens (including phenoxy) is 1. The first-order chi connectivity index (χ1) is 13.7. The van der Waals surface area contributed by atoms with Crippen molar-refractivity contribution < 1.29 is 33.3 Å². The average Bonchev–Trinajstić information content (AvgIpc) is 3.00. The quantitative estimate of drug-likeness (QED) is 0.476. The minimum atomic E-state index is -1.26. The molecule has 2 aliphatic heterocycles. The van der Waals surface area contributed by atoms with Gasteiger partial charge in [0.1, 0.15) is 12.4 Å². The Labute approximate surface area is 170 Å². The summed E-state index contributed by atoms with van der Waals surface area (Å²) in [5.74, 6) is -3.67. The highest BCUT2D eigenvalue weighted by Crippen LogP contribution is 2.32. The van der Waals surface area contributed by atoms with Gasteiger partial charge in [0.15, 0.2) is 16.7 Å². The van der Waals surface area contributed by atoms with Gasteiger partial charge in [0.2, 0.25) is 0 Å². The van der Waals surface area contributed by atoms with Crippen LogP contribution in [0.5, 0.6) is 5.75 Å². The maximum absolute atomic E-state index is 13.7. The molecule has 4 N–H and O–H groups in total. The summed E-state index contributed by atoms with van der Waals surface area (Å²) in [5.41, 5.74) is 7.00. The van der Waals surface area contributed by atoms with E-state index in [1.54, 1.807) is 6.20 Å². The number of carboxylic acid groups (broad SMARTS) is 2. The number of nitrogens with two attached hydrogens (primary N) is 1. The number of carboxylic acids is 2. The molecule has 11 heteroatoms. The van der Waals surface area contributed by atoms with Crippen LogP contribution >= 0.6 is 12.2 Å². The van der Waals surface area contributed by atoms with E-state index in [4.69, 9.17) is 32.9 Å². The molecule has 8 nitrogen and oxygen atoms in total. The highest BCUT2D eigenvalue weighted by molar-refractivity contribution is 7.80. The molecule has 1 atom stereocenters. The van der Waals surface area contributed by atoms with Crippen molar-refractivity contribution in [3.05, 3.63) is 53.4 Å². The Hall–Kier alpha value is -3.05. The fraction of sp³-hybridized carbons (Fsp3) is 0.278. The van der Waals surface area contributed by atoms with Crippen molar-refractivity contribution in [3.63, 3.8) is 0 Å². The lowest BCUT2D eigenvalue weighted by atomic mass is 10.0. The standard InChI is InChI=1S/C14H14F2N3OS.C4H4O4/c15-9-3-8-4-11(7-20-13(8)12(16)5-9)19-10(1-2-17)6-18-14(19)21;5-3(6)1-2-4(7)8/h3,5-6,11H,1-2,4,7,17H2;1-2H,(H,5,6)(H,7,8)/b;2-1-/t11-;/m1./s1. The zero-order valence-corrected chi connectivity index (χ0v) is 15.9. The van der Waals surface area contributed by atoms with Crippen LogP contribution < -0.4 is 15.8 Å². The van der Waals surface area contributed by atoms with Gasteiger partial charge in [0.05, 0.1) is 6.04 Å². The van der Waals surface area contributed by atoms with Crippen LogP contribution in [0.25, 0.3) is 0 Å². The normalized spacial score (nSPS) is 17.6. The fourth-order valence-electron chi connectivity index (χ4n) is 2.83. The Kier molecular flexibility index (Phi) is 7.62. The van der Waals surface area contributed by atoms with E-state index in [-0.39, 0.29) is 18.4 Å². The summed E-state index contributed by atoms with van der Waals surface area (Å²) in [6, 6.07) is 2.00. The van der Waals surface area contributed by atoms with E-state index in [1.807, 2.05) is 4.90 Å². The van der Waals surface area contributed by atoms with Gasteiger partial charge in [0.25, 0.3) is 0 Å². The second-order valence-electron chi connectivity index (χ2n) is 6.00. The van der Waals surface area contributed by atoms with E-state index in [9.17, 15) is 18.4 Å². The van der Waals surface area contributed by atoms with Gasteiger partial charge in [-0.15, -0.1) is 0 Å². The van der Waals surface area contributed by atoms with Crippen LogP contribution in [0.1, 0.15) is 12.0 Å². The van der Waals surface area contributed by atoms with E-state index in [0.29, 0.717) is 42.2 Å². The van der Waals surface area contributed by atoms with Crippen molar-refractivity contribution in [2.24, 2.45) is 5.73 Å². The highest BCUT2D eigenvalue weighted by atomic mass is 32.1. The van der Waals surface area contributed by atoms with E-state index in [0.717, 1.165) is 11.8 Å². The topological polar surface area (TPSA) is 127 Å². The first-order valence-electron chi connectivity index (χ1n) is 8.40. The third-order valence-corrected chi connectivity index (χ3v) is 4.24. The molecule has 0 saturated heterocycles. The summed E-state index contributed by atoms with van der Waals surface area (Å²) in [6.07, 6.45) is 3.90. The molecule has 1 aromatic rings. The molecule has 0 unspecified atom stereocenters. The monoisotopic (exact) mass is 426 g/mol. The van der Waals surface area contributed by atoms with Crippen LogP contribution in [-0.2, 0) is 16.0 Å². The molecular formula is C18H18F2N3O5S. The third-order valence-electron chi connectivity index (χ3n) is 3.93. The van der Waals surface area contributed by atoms with Gasteiger partial charge in [-0.05, 0) is 24.8 Å². The van der Waals surface area contributed by atoms with Crippen LogP contribution in [0.2, 0.25) is 0 Å². The Balaban J connectivity index is 0.000000321. The number of halogens is 2. The molecule has 155 valence electrons. The second-order valence-corrected chi connectivity index (χ2v) is 6.36. The summed E-state index contributed by atoms with van der Waals surface area (Å²) < 4.78 is 32.5. The molecular weight excluding hydrogens is 408 g/mol. The summed E-state index contributed by atoms with van der Waals surface area (Å²) in [6.45, 7) is 0.751. The Morgan fingerprint density at radius 3 is 2.55 bits per heavy atom. The summed E-state index contributed by atoms with van der Waals surface area (Å²) in [4.78, 5) is 21.0. The van der Waals surface area contributed by atoms with Gasteiger partial charge < -0.3 is 25.6 Å². The van der Waals surface area contributed by atoms with Crippen LogP contribution in [0.4, 0.5) is 8.78 Å². The van der Waals surface area contributed by atoms with Gasteiger partial charge in [-0.3, -0.25) is 0 Å². The number of thiocarbonyl (C=S) groups is 1. The number of nitrogens with zero attached hydrogens (tertiary/aromatic N) is 2. The Morgan fingerprint density at radius 1 is 1.31 bits per heavy atom. The molecule has 2 aliphatic rings. The average molecular weight is 426 g/mol. The van der Waals surface area contributed by atoms with E-state index in [1.165, 1.54) is 6.07 Å². The Bertz CT molecular complexity index is 859. The van der Waals surface area contributed by atoms with Crippen LogP contribution in [-0.4, -0.2) is 51.4 Å². The Morgan fingerprint density at radius 2 is 1.97 bits per heavy atom. The number of benzene rings is 1. The van der Waals surface area contributed by atoms with Gasteiger partial charge in [-0.25, -0.2) is 23.7 Å². The highest BCUT2D eigenvalue weighted by Gasteiger charge is 2.33. The van der Waals surface area contributed by atoms with Gasteiger partial charge in [-0.2, -0.15) is 0 Å². The van der Waals surface area contributed by atoms with Gasteiger partial charge >= 0.3 is 11.9 Å². The number of carbonyl (C=O) groups is 2. The molecule has 0 amide bonds. The minimum absolute atomic E-state index is 0.124. The number of fused-ring (bicyclic) bond motifs is 1. The minimum Gasteiger partial charge on any atom is -0.488 e. The number of rotatable bonds is 5. The van der Waals surface area contributed by atoms with Crippen molar-refractivity contribution >= 4 is 29.3 Å². The van der Waals surface area contributed by atoms with Crippen molar-refractivity contribution in [3.8, 4) is 5.75 Å². The predicted octanol–water partition coefficient (Wildman–Crippen LogP) is 1.38. The molecule has 0 aromatic heterocycles. The number of hydrogen-bond acceptors (Lipinski definition) is 5. The summed E-state index contributed by atoms with van der Waals surface area (Å²) in [5, 5.41) is 20.2. The molecule has 3 rings (SSSR count). The van der Waals surface area contributed by atoms with Gasteiger partial charge in [0, 0.05) is 48.5 Å².